The first-order valence-electron chi connectivity index (χ1n) is 10.7. The van der Waals surface area contributed by atoms with Gasteiger partial charge in [-0.2, -0.15) is 4.39 Å². The molecule has 0 aliphatic heterocycles. The highest BCUT2D eigenvalue weighted by atomic mass is 19.2. The third kappa shape index (κ3) is 6.42. The van der Waals surface area contributed by atoms with Gasteiger partial charge in [-0.15, -0.1) is 0 Å². The van der Waals surface area contributed by atoms with Crippen LogP contribution >= 0.6 is 0 Å². The van der Waals surface area contributed by atoms with E-state index in [-0.39, 0.29) is 0 Å². The van der Waals surface area contributed by atoms with E-state index in [2.05, 4.69) is 69.0 Å². The van der Waals surface area contributed by atoms with Crippen LogP contribution in [0.3, 0.4) is 0 Å². The first kappa shape index (κ1) is 22.6. The lowest BCUT2D eigenvalue weighted by molar-refractivity contribution is -0.0257. The van der Waals surface area contributed by atoms with Gasteiger partial charge in [0.1, 0.15) is 5.75 Å². The molecule has 0 radical (unpaired) electrons. The summed E-state index contributed by atoms with van der Waals surface area (Å²) in [5.41, 5.74) is 8.33. The van der Waals surface area contributed by atoms with Crippen LogP contribution in [0.5, 0.6) is 5.75 Å². The van der Waals surface area contributed by atoms with Crippen molar-refractivity contribution in [2.24, 2.45) is 0 Å². The Labute approximate surface area is 185 Å². The number of allylic oxidation sites excluding steroid dienone is 2. The number of alkyl halides is 1. The monoisotopic (exact) mass is 414 g/mol. The molecule has 0 spiro atoms. The number of halogens is 1. The summed E-state index contributed by atoms with van der Waals surface area (Å²) in [6, 6.07) is 24.5. The van der Waals surface area contributed by atoms with Gasteiger partial charge in [0.15, 0.2) is 0 Å². The molecule has 0 bridgehead atoms. The van der Waals surface area contributed by atoms with Crippen LogP contribution in [0.1, 0.15) is 50.8 Å². The van der Waals surface area contributed by atoms with Crippen molar-refractivity contribution in [3.63, 3.8) is 0 Å². The Hall–Kier alpha value is -3.13. The summed E-state index contributed by atoms with van der Waals surface area (Å²) in [4.78, 5) is 0. The average molecular weight is 415 g/mol. The van der Waals surface area contributed by atoms with E-state index in [9.17, 15) is 4.39 Å². The average Bonchev–Trinajstić information content (AvgIpc) is 2.72. The quantitative estimate of drug-likeness (QED) is 0.359. The van der Waals surface area contributed by atoms with E-state index in [1.807, 2.05) is 30.3 Å². The summed E-state index contributed by atoms with van der Waals surface area (Å²) in [7, 11) is 0. The van der Waals surface area contributed by atoms with Gasteiger partial charge in [-0.05, 0) is 72.2 Å². The molecule has 3 aromatic carbocycles. The number of ether oxygens (including phenoxy) is 1. The summed E-state index contributed by atoms with van der Waals surface area (Å²) >= 11 is 0. The van der Waals surface area contributed by atoms with Crippen LogP contribution in [0.2, 0.25) is 0 Å². The van der Waals surface area contributed by atoms with E-state index in [1.165, 1.54) is 47.2 Å². The van der Waals surface area contributed by atoms with Gasteiger partial charge in [0, 0.05) is 13.8 Å². The van der Waals surface area contributed by atoms with Crippen molar-refractivity contribution in [2.45, 2.75) is 46.4 Å². The number of rotatable bonds is 8. The topological polar surface area (TPSA) is 9.23 Å². The van der Waals surface area contributed by atoms with E-state index in [0.717, 1.165) is 18.4 Å². The summed E-state index contributed by atoms with van der Waals surface area (Å²) < 4.78 is 19.0. The van der Waals surface area contributed by atoms with Crippen molar-refractivity contribution in [3.05, 3.63) is 102 Å². The minimum Gasteiger partial charge on any atom is -0.459 e. The van der Waals surface area contributed by atoms with Crippen LogP contribution in [0.25, 0.3) is 22.8 Å². The summed E-state index contributed by atoms with van der Waals surface area (Å²) in [5.74, 6) is -1.14. The SMILES string of the molecule is C=C(CCc1ccc(OC(C)(C)F)cc1)c1c(C=C(C)C)cccc1-c1ccccc1. The van der Waals surface area contributed by atoms with E-state index in [1.54, 1.807) is 0 Å². The Morgan fingerprint density at radius 1 is 0.935 bits per heavy atom. The second kappa shape index (κ2) is 9.78. The largest absolute Gasteiger partial charge is 0.459 e. The first-order chi connectivity index (χ1) is 14.7. The maximum Gasteiger partial charge on any atom is 0.242 e. The van der Waals surface area contributed by atoms with Gasteiger partial charge in [-0.1, -0.05) is 78.9 Å². The first-order valence-corrected chi connectivity index (χ1v) is 10.7. The van der Waals surface area contributed by atoms with Crippen LogP contribution in [0, 0.1) is 0 Å². The van der Waals surface area contributed by atoms with Gasteiger partial charge in [-0.25, -0.2) is 0 Å². The van der Waals surface area contributed by atoms with Crippen molar-refractivity contribution in [1.82, 2.24) is 0 Å². The maximum absolute atomic E-state index is 13.7. The fraction of sp³-hybridized carbons (Fsp3) is 0.241. The van der Waals surface area contributed by atoms with Gasteiger partial charge in [-0.3, -0.25) is 0 Å². The second-order valence-electron chi connectivity index (χ2n) is 8.57. The van der Waals surface area contributed by atoms with E-state index < -0.39 is 5.85 Å². The highest BCUT2D eigenvalue weighted by Crippen LogP contribution is 2.34. The summed E-state index contributed by atoms with van der Waals surface area (Å²) in [6.07, 6.45) is 3.91. The van der Waals surface area contributed by atoms with Gasteiger partial charge in [0.25, 0.3) is 0 Å². The molecule has 0 saturated carbocycles. The Bertz CT molecular complexity index is 1050. The zero-order chi connectivity index (χ0) is 22.4. The molecule has 0 aliphatic rings. The summed E-state index contributed by atoms with van der Waals surface area (Å²) in [6.45, 7) is 11.5. The number of benzene rings is 3. The van der Waals surface area contributed by atoms with Gasteiger partial charge in [0.2, 0.25) is 5.85 Å². The smallest absolute Gasteiger partial charge is 0.242 e. The standard InChI is InChI=1S/C29H31FO/c1-21(2)20-25-12-9-13-27(24-10-7-6-8-11-24)28(25)22(3)14-15-23-16-18-26(19-17-23)31-29(4,5)30/h6-13,16-20H,3,14-15H2,1-2,4-5H3. The fourth-order valence-corrected chi connectivity index (χ4v) is 3.68. The molecular formula is C29H31FO. The molecule has 0 saturated heterocycles. The highest BCUT2D eigenvalue weighted by molar-refractivity contribution is 5.86. The van der Waals surface area contributed by atoms with Crippen molar-refractivity contribution in [2.75, 3.05) is 0 Å². The second-order valence-corrected chi connectivity index (χ2v) is 8.57. The molecular weight excluding hydrogens is 383 g/mol. The van der Waals surface area contributed by atoms with Crippen LogP contribution in [0.4, 0.5) is 4.39 Å². The molecule has 2 heteroatoms. The Morgan fingerprint density at radius 3 is 2.23 bits per heavy atom. The minimum absolute atomic E-state index is 0.537. The van der Waals surface area contributed by atoms with Gasteiger partial charge >= 0.3 is 0 Å². The Balaban J connectivity index is 1.84. The van der Waals surface area contributed by atoms with Crippen molar-refractivity contribution < 1.29 is 9.13 Å². The maximum atomic E-state index is 13.7. The van der Waals surface area contributed by atoms with Crippen molar-refractivity contribution >= 4 is 11.6 Å². The van der Waals surface area contributed by atoms with Gasteiger partial charge in [0.05, 0.1) is 0 Å². The van der Waals surface area contributed by atoms with Crippen LogP contribution in [-0.4, -0.2) is 5.85 Å². The summed E-state index contributed by atoms with van der Waals surface area (Å²) in [5, 5.41) is 0. The normalized spacial score (nSPS) is 11.1. The third-order valence-corrected chi connectivity index (χ3v) is 4.98. The molecule has 160 valence electrons. The lowest BCUT2D eigenvalue weighted by Crippen LogP contribution is -2.20. The predicted octanol–water partition coefficient (Wildman–Crippen LogP) is 8.51. The molecule has 0 fully saturated rings. The molecule has 3 rings (SSSR count). The van der Waals surface area contributed by atoms with E-state index in [4.69, 9.17) is 4.74 Å². The Kier molecular flexibility index (Phi) is 7.12. The zero-order valence-electron chi connectivity index (χ0n) is 18.9. The lowest BCUT2D eigenvalue weighted by Gasteiger charge is -2.18. The molecule has 31 heavy (non-hydrogen) atoms. The van der Waals surface area contributed by atoms with E-state index in [0.29, 0.717) is 5.75 Å². The molecule has 0 unspecified atom stereocenters. The van der Waals surface area contributed by atoms with Gasteiger partial charge < -0.3 is 4.74 Å². The molecule has 0 atom stereocenters. The predicted molar refractivity (Wildman–Crippen MR) is 131 cm³/mol. The number of hydrogen-bond donors (Lipinski definition) is 0. The molecule has 0 N–H and O–H groups in total. The molecule has 0 heterocycles. The molecule has 1 nitrogen and oxygen atoms in total. The molecule has 0 aliphatic carbocycles. The van der Waals surface area contributed by atoms with Crippen LogP contribution in [0.15, 0.2) is 84.9 Å². The molecule has 0 amide bonds. The Morgan fingerprint density at radius 2 is 1.61 bits per heavy atom. The number of aryl methyl sites for hydroxylation is 1. The third-order valence-electron chi connectivity index (χ3n) is 4.98. The van der Waals surface area contributed by atoms with Crippen molar-refractivity contribution in [1.29, 1.82) is 0 Å². The minimum atomic E-state index is -1.68. The van der Waals surface area contributed by atoms with Crippen LogP contribution in [-0.2, 0) is 6.42 Å². The highest BCUT2D eigenvalue weighted by Gasteiger charge is 2.17. The lowest BCUT2D eigenvalue weighted by atomic mass is 9.88. The molecule has 3 aromatic rings. The number of hydrogen-bond acceptors (Lipinski definition) is 1. The fourth-order valence-electron chi connectivity index (χ4n) is 3.68. The van der Waals surface area contributed by atoms with E-state index >= 15 is 0 Å². The van der Waals surface area contributed by atoms with Crippen LogP contribution < -0.4 is 4.74 Å². The van der Waals surface area contributed by atoms with Crippen molar-refractivity contribution in [3.8, 4) is 16.9 Å². The molecule has 0 aromatic heterocycles. The zero-order valence-corrected chi connectivity index (χ0v) is 18.9.